The van der Waals surface area contributed by atoms with E-state index in [1.165, 1.54) is 5.56 Å². The third-order valence-corrected chi connectivity index (χ3v) is 5.66. The largest absolute Gasteiger partial charge is 0.356 e. The summed E-state index contributed by atoms with van der Waals surface area (Å²) >= 11 is 0. The Balaban J connectivity index is 1.83. The van der Waals surface area contributed by atoms with E-state index in [0.717, 1.165) is 24.0 Å². The van der Waals surface area contributed by atoms with Gasteiger partial charge in [0.2, 0.25) is 5.91 Å². The van der Waals surface area contributed by atoms with Crippen LogP contribution in [0.1, 0.15) is 52.7 Å². The summed E-state index contributed by atoms with van der Waals surface area (Å²) in [6.45, 7) is 7.92. The Morgan fingerprint density at radius 2 is 1.75 bits per heavy atom. The molecule has 0 radical (unpaired) electrons. The van der Waals surface area contributed by atoms with E-state index in [0.29, 0.717) is 25.2 Å². The van der Waals surface area contributed by atoms with E-state index in [-0.39, 0.29) is 23.7 Å². The van der Waals surface area contributed by atoms with Crippen LogP contribution in [0.2, 0.25) is 0 Å². The minimum absolute atomic E-state index is 0.00226. The third kappa shape index (κ3) is 4.44. The third-order valence-electron chi connectivity index (χ3n) is 5.66. The average molecular weight is 379 g/mol. The van der Waals surface area contributed by atoms with Gasteiger partial charge in [0.25, 0.3) is 5.91 Å². The average Bonchev–Trinajstić information content (AvgIpc) is 3.14. The van der Waals surface area contributed by atoms with Gasteiger partial charge in [-0.3, -0.25) is 9.59 Å². The van der Waals surface area contributed by atoms with Crippen molar-refractivity contribution in [2.24, 2.45) is 5.92 Å². The van der Waals surface area contributed by atoms with E-state index < -0.39 is 0 Å². The minimum atomic E-state index is -0.215. The molecule has 4 heteroatoms. The van der Waals surface area contributed by atoms with Gasteiger partial charge in [0, 0.05) is 31.1 Å². The molecule has 2 aromatic rings. The molecule has 0 saturated carbocycles. The van der Waals surface area contributed by atoms with Gasteiger partial charge in [0.1, 0.15) is 0 Å². The van der Waals surface area contributed by atoms with Crippen molar-refractivity contribution in [3.8, 4) is 0 Å². The van der Waals surface area contributed by atoms with Gasteiger partial charge in [0.15, 0.2) is 0 Å². The quantitative estimate of drug-likeness (QED) is 0.770. The van der Waals surface area contributed by atoms with Crippen LogP contribution < -0.4 is 5.32 Å². The molecule has 1 N–H and O–H groups in total. The molecule has 0 aromatic heterocycles. The lowest BCUT2D eigenvalue weighted by molar-refractivity contribution is -0.124. The van der Waals surface area contributed by atoms with Crippen LogP contribution in [0.25, 0.3) is 0 Å². The van der Waals surface area contributed by atoms with Crippen molar-refractivity contribution in [1.82, 2.24) is 10.2 Å². The van der Waals surface area contributed by atoms with Gasteiger partial charge in [-0.25, -0.2) is 0 Å². The summed E-state index contributed by atoms with van der Waals surface area (Å²) in [6.07, 6.45) is 2.02. The molecule has 1 aliphatic heterocycles. The summed E-state index contributed by atoms with van der Waals surface area (Å²) in [7, 11) is 0. The molecule has 1 heterocycles. The number of benzene rings is 2. The van der Waals surface area contributed by atoms with Gasteiger partial charge in [-0.05, 0) is 43.5 Å². The first kappa shape index (κ1) is 20.1. The predicted octanol–water partition coefficient (Wildman–Crippen LogP) is 4.08. The molecule has 0 unspecified atom stereocenters. The van der Waals surface area contributed by atoms with E-state index >= 15 is 0 Å². The zero-order chi connectivity index (χ0) is 20.1. The lowest BCUT2D eigenvalue weighted by Crippen LogP contribution is -2.36. The molecule has 0 spiro atoms. The van der Waals surface area contributed by atoms with E-state index in [9.17, 15) is 9.59 Å². The summed E-state index contributed by atoms with van der Waals surface area (Å²) in [4.78, 5) is 27.8. The Hall–Kier alpha value is -2.62. The fourth-order valence-corrected chi connectivity index (χ4v) is 3.95. The zero-order valence-electron chi connectivity index (χ0n) is 17.1. The highest BCUT2D eigenvalue weighted by atomic mass is 16.2. The molecule has 148 valence electrons. The van der Waals surface area contributed by atoms with Gasteiger partial charge in [-0.15, -0.1) is 0 Å². The van der Waals surface area contributed by atoms with Crippen molar-refractivity contribution >= 4 is 11.8 Å². The predicted molar refractivity (Wildman–Crippen MR) is 112 cm³/mol. The number of unbranched alkanes of at least 4 members (excludes halogenated alkanes) is 1. The fourth-order valence-electron chi connectivity index (χ4n) is 3.95. The highest BCUT2D eigenvalue weighted by Gasteiger charge is 2.40. The van der Waals surface area contributed by atoms with Gasteiger partial charge >= 0.3 is 0 Å². The first-order valence-electron chi connectivity index (χ1n) is 10.2. The van der Waals surface area contributed by atoms with E-state index in [1.54, 1.807) is 0 Å². The summed E-state index contributed by atoms with van der Waals surface area (Å²) in [6, 6.07) is 15.8. The first-order valence-corrected chi connectivity index (χ1v) is 10.2. The zero-order valence-corrected chi connectivity index (χ0v) is 17.1. The van der Waals surface area contributed by atoms with Gasteiger partial charge in [0.05, 0.1) is 5.92 Å². The van der Waals surface area contributed by atoms with Crippen molar-refractivity contribution in [2.75, 3.05) is 19.6 Å². The van der Waals surface area contributed by atoms with Crippen LogP contribution in [0.5, 0.6) is 0 Å². The molecule has 0 aliphatic carbocycles. The normalized spacial score (nSPS) is 18.9. The maximum Gasteiger partial charge on any atom is 0.253 e. The van der Waals surface area contributed by atoms with Crippen LogP contribution >= 0.6 is 0 Å². The van der Waals surface area contributed by atoms with Gasteiger partial charge in [-0.2, -0.15) is 0 Å². The highest BCUT2D eigenvalue weighted by Crippen LogP contribution is 2.35. The highest BCUT2D eigenvalue weighted by molar-refractivity contribution is 5.95. The van der Waals surface area contributed by atoms with Crippen LogP contribution in [0.4, 0.5) is 0 Å². The molecular formula is C24H30N2O2. The van der Waals surface area contributed by atoms with Crippen molar-refractivity contribution in [3.05, 3.63) is 70.8 Å². The lowest BCUT2D eigenvalue weighted by Gasteiger charge is -2.20. The Labute approximate surface area is 167 Å². The molecule has 2 atom stereocenters. The Kier molecular flexibility index (Phi) is 6.50. The number of hydrogen-bond donors (Lipinski definition) is 1. The second kappa shape index (κ2) is 9.05. The van der Waals surface area contributed by atoms with Crippen LogP contribution in [0.3, 0.4) is 0 Å². The smallest absolute Gasteiger partial charge is 0.253 e. The summed E-state index contributed by atoms with van der Waals surface area (Å²) in [5.41, 5.74) is 4.14. The van der Waals surface area contributed by atoms with Crippen molar-refractivity contribution in [1.29, 1.82) is 0 Å². The summed E-state index contributed by atoms with van der Waals surface area (Å²) in [5.74, 6) is -0.132. The van der Waals surface area contributed by atoms with Crippen molar-refractivity contribution in [3.63, 3.8) is 0 Å². The fraction of sp³-hybridized carbons (Fsp3) is 0.417. The topological polar surface area (TPSA) is 49.4 Å². The molecule has 1 aliphatic rings. The molecule has 1 saturated heterocycles. The number of carbonyl (C=O) groups excluding carboxylic acids is 2. The monoisotopic (exact) mass is 378 g/mol. The number of rotatable bonds is 6. The second-order valence-electron chi connectivity index (χ2n) is 7.79. The van der Waals surface area contributed by atoms with Crippen LogP contribution in [-0.4, -0.2) is 36.3 Å². The lowest BCUT2D eigenvalue weighted by atomic mass is 9.86. The molecule has 4 nitrogen and oxygen atoms in total. The summed E-state index contributed by atoms with van der Waals surface area (Å²) in [5, 5.41) is 3.07. The number of likely N-dealkylation sites (tertiary alicyclic amines) is 1. The number of hydrogen-bond acceptors (Lipinski definition) is 2. The first-order chi connectivity index (χ1) is 13.5. The van der Waals surface area contributed by atoms with Gasteiger partial charge < -0.3 is 10.2 Å². The summed E-state index contributed by atoms with van der Waals surface area (Å²) < 4.78 is 0. The molecular weight excluding hydrogens is 348 g/mol. The van der Waals surface area contributed by atoms with Gasteiger partial charge in [-0.1, -0.05) is 55.3 Å². The standard InChI is InChI=1S/C24H30N2O2/c1-4-5-14-25-23(27)22-16-26(24(28)19-12-10-17(2)11-13-19)15-21(22)20-9-7-6-8-18(20)3/h6-13,21-22H,4-5,14-16H2,1-3H3,(H,25,27)/t21-,22-/m1/s1. The SMILES string of the molecule is CCCCNC(=O)[C@@H]1CN(C(=O)c2ccc(C)cc2)C[C@@H]1c1ccccc1C. The van der Waals surface area contributed by atoms with E-state index in [4.69, 9.17) is 0 Å². The molecule has 28 heavy (non-hydrogen) atoms. The number of amides is 2. The van der Waals surface area contributed by atoms with Crippen LogP contribution in [0.15, 0.2) is 48.5 Å². The maximum absolute atomic E-state index is 13.0. The van der Waals surface area contributed by atoms with Crippen molar-refractivity contribution in [2.45, 2.75) is 39.5 Å². The Morgan fingerprint density at radius 1 is 1.04 bits per heavy atom. The molecule has 2 amide bonds. The number of aryl methyl sites for hydroxylation is 2. The van der Waals surface area contributed by atoms with E-state index in [2.05, 4.69) is 31.3 Å². The number of nitrogens with one attached hydrogen (secondary N) is 1. The molecule has 0 bridgehead atoms. The minimum Gasteiger partial charge on any atom is -0.356 e. The van der Waals surface area contributed by atoms with Crippen molar-refractivity contribution < 1.29 is 9.59 Å². The Morgan fingerprint density at radius 3 is 2.43 bits per heavy atom. The van der Waals surface area contributed by atoms with Crippen LogP contribution in [-0.2, 0) is 4.79 Å². The molecule has 1 fully saturated rings. The molecule has 2 aromatic carbocycles. The number of nitrogens with zero attached hydrogens (tertiary/aromatic N) is 1. The molecule has 3 rings (SSSR count). The maximum atomic E-state index is 13.0. The van der Waals surface area contributed by atoms with E-state index in [1.807, 2.05) is 48.2 Å². The van der Waals surface area contributed by atoms with Crippen LogP contribution in [0, 0.1) is 19.8 Å². The number of carbonyl (C=O) groups is 2. The second-order valence-corrected chi connectivity index (χ2v) is 7.79. The Bertz CT molecular complexity index is 829.